The molecule has 1 aromatic carbocycles. The molecule has 16 heavy (non-hydrogen) atoms. The standard InChI is InChI=1S/C12H12N2OS/c1-9-11(16-8-14-9)7-13-12(15)10-5-3-2-4-6-10/h2-6,8H,7H2,1H3,(H,13,15). The van der Waals surface area contributed by atoms with E-state index in [1.807, 2.05) is 25.1 Å². The molecule has 0 unspecified atom stereocenters. The Morgan fingerprint density at radius 3 is 2.75 bits per heavy atom. The second-order valence-electron chi connectivity index (χ2n) is 3.41. The molecule has 0 bridgehead atoms. The molecule has 0 aliphatic heterocycles. The van der Waals surface area contributed by atoms with E-state index >= 15 is 0 Å². The van der Waals surface area contributed by atoms with Crippen LogP contribution in [0.2, 0.25) is 0 Å². The van der Waals surface area contributed by atoms with Crippen LogP contribution in [0.3, 0.4) is 0 Å². The highest BCUT2D eigenvalue weighted by Crippen LogP contribution is 2.11. The maximum absolute atomic E-state index is 11.7. The van der Waals surface area contributed by atoms with E-state index in [0.29, 0.717) is 12.1 Å². The minimum Gasteiger partial charge on any atom is -0.347 e. The normalized spacial score (nSPS) is 10.1. The van der Waals surface area contributed by atoms with Gasteiger partial charge in [0, 0.05) is 10.4 Å². The van der Waals surface area contributed by atoms with Gasteiger partial charge in [-0.3, -0.25) is 4.79 Å². The third kappa shape index (κ3) is 2.46. The quantitative estimate of drug-likeness (QED) is 0.882. The highest BCUT2D eigenvalue weighted by Gasteiger charge is 2.06. The van der Waals surface area contributed by atoms with Gasteiger partial charge in [0.15, 0.2) is 0 Å². The first-order chi connectivity index (χ1) is 7.77. The predicted molar refractivity (Wildman–Crippen MR) is 64.5 cm³/mol. The zero-order chi connectivity index (χ0) is 11.4. The molecule has 82 valence electrons. The van der Waals surface area contributed by atoms with Gasteiger partial charge in [0.1, 0.15) is 0 Å². The number of nitrogens with zero attached hydrogens (tertiary/aromatic N) is 1. The van der Waals surface area contributed by atoms with Crippen molar-refractivity contribution in [3.63, 3.8) is 0 Å². The lowest BCUT2D eigenvalue weighted by molar-refractivity contribution is 0.0951. The van der Waals surface area contributed by atoms with Crippen LogP contribution in [-0.4, -0.2) is 10.9 Å². The van der Waals surface area contributed by atoms with Crippen molar-refractivity contribution in [2.24, 2.45) is 0 Å². The van der Waals surface area contributed by atoms with E-state index in [4.69, 9.17) is 0 Å². The highest BCUT2D eigenvalue weighted by molar-refractivity contribution is 7.09. The first-order valence-electron chi connectivity index (χ1n) is 4.99. The number of benzene rings is 1. The molecule has 0 radical (unpaired) electrons. The molecule has 0 fully saturated rings. The molecule has 0 aliphatic carbocycles. The van der Waals surface area contributed by atoms with Crippen LogP contribution in [0.25, 0.3) is 0 Å². The van der Waals surface area contributed by atoms with Crippen LogP contribution < -0.4 is 5.32 Å². The molecule has 0 spiro atoms. The maximum Gasteiger partial charge on any atom is 0.251 e. The Bertz CT molecular complexity index is 479. The van der Waals surface area contributed by atoms with Gasteiger partial charge in [0.25, 0.3) is 5.91 Å². The maximum atomic E-state index is 11.7. The minimum absolute atomic E-state index is 0.0478. The van der Waals surface area contributed by atoms with Crippen molar-refractivity contribution >= 4 is 17.2 Å². The lowest BCUT2D eigenvalue weighted by atomic mass is 10.2. The van der Waals surface area contributed by atoms with Gasteiger partial charge in [-0.25, -0.2) is 4.98 Å². The van der Waals surface area contributed by atoms with Crippen molar-refractivity contribution in [3.8, 4) is 0 Å². The summed E-state index contributed by atoms with van der Waals surface area (Å²) < 4.78 is 0. The number of hydrogen-bond acceptors (Lipinski definition) is 3. The van der Waals surface area contributed by atoms with E-state index in [-0.39, 0.29) is 5.91 Å². The fourth-order valence-electron chi connectivity index (χ4n) is 1.35. The van der Waals surface area contributed by atoms with Gasteiger partial charge in [0.2, 0.25) is 0 Å². The number of thiazole rings is 1. The Balaban J connectivity index is 1.97. The van der Waals surface area contributed by atoms with E-state index < -0.39 is 0 Å². The molecule has 2 aromatic rings. The van der Waals surface area contributed by atoms with Gasteiger partial charge in [-0.05, 0) is 19.1 Å². The van der Waals surface area contributed by atoms with Crippen LogP contribution in [0, 0.1) is 6.92 Å². The minimum atomic E-state index is -0.0478. The Morgan fingerprint density at radius 2 is 2.12 bits per heavy atom. The lowest BCUT2D eigenvalue weighted by Crippen LogP contribution is -2.22. The van der Waals surface area contributed by atoms with E-state index in [0.717, 1.165) is 10.6 Å². The van der Waals surface area contributed by atoms with Crippen molar-refractivity contribution in [2.75, 3.05) is 0 Å². The summed E-state index contributed by atoms with van der Waals surface area (Å²) in [6.45, 7) is 2.49. The van der Waals surface area contributed by atoms with Crippen LogP contribution in [0.15, 0.2) is 35.8 Å². The van der Waals surface area contributed by atoms with E-state index in [1.54, 1.807) is 29.0 Å². The van der Waals surface area contributed by atoms with Crippen molar-refractivity contribution in [1.29, 1.82) is 0 Å². The molecule has 0 atom stereocenters. The van der Waals surface area contributed by atoms with Crippen LogP contribution in [-0.2, 0) is 6.54 Å². The molecule has 0 saturated carbocycles. The molecular weight excluding hydrogens is 220 g/mol. The molecule has 3 nitrogen and oxygen atoms in total. The number of aromatic nitrogens is 1. The Hall–Kier alpha value is -1.68. The topological polar surface area (TPSA) is 42.0 Å². The zero-order valence-corrected chi connectivity index (χ0v) is 9.75. The van der Waals surface area contributed by atoms with Gasteiger partial charge in [-0.2, -0.15) is 0 Å². The van der Waals surface area contributed by atoms with Gasteiger partial charge in [-0.15, -0.1) is 11.3 Å². The van der Waals surface area contributed by atoms with Crippen molar-refractivity contribution in [2.45, 2.75) is 13.5 Å². The average molecular weight is 232 g/mol. The molecule has 0 saturated heterocycles. The largest absolute Gasteiger partial charge is 0.347 e. The number of carbonyl (C=O) groups is 1. The monoisotopic (exact) mass is 232 g/mol. The summed E-state index contributed by atoms with van der Waals surface area (Å²) in [6.07, 6.45) is 0. The van der Waals surface area contributed by atoms with Crippen LogP contribution >= 0.6 is 11.3 Å². The number of rotatable bonds is 3. The predicted octanol–water partition coefficient (Wildman–Crippen LogP) is 2.38. The smallest absolute Gasteiger partial charge is 0.251 e. The third-order valence-corrected chi connectivity index (χ3v) is 3.23. The van der Waals surface area contributed by atoms with Crippen molar-refractivity contribution in [3.05, 3.63) is 52.0 Å². The number of aryl methyl sites for hydroxylation is 1. The number of nitrogens with one attached hydrogen (secondary N) is 1. The number of carbonyl (C=O) groups excluding carboxylic acids is 1. The summed E-state index contributed by atoms with van der Waals surface area (Å²) in [4.78, 5) is 17.0. The van der Waals surface area contributed by atoms with E-state index in [1.165, 1.54) is 0 Å². The summed E-state index contributed by atoms with van der Waals surface area (Å²) in [5.74, 6) is -0.0478. The second kappa shape index (κ2) is 4.90. The second-order valence-corrected chi connectivity index (χ2v) is 4.35. The molecule has 1 amide bonds. The van der Waals surface area contributed by atoms with E-state index in [2.05, 4.69) is 10.3 Å². The summed E-state index contributed by atoms with van der Waals surface area (Å²) in [5, 5.41) is 2.87. The highest BCUT2D eigenvalue weighted by atomic mass is 32.1. The summed E-state index contributed by atoms with van der Waals surface area (Å²) >= 11 is 1.56. The Morgan fingerprint density at radius 1 is 1.38 bits per heavy atom. The molecule has 1 N–H and O–H groups in total. The fraction of sp³-hybridized carbons (Fsp3) is 0.167. The van der Waals surface area contributed by atoms with Crippen LogP contribution in [0.5, 0.6) is 0 Å². The molecule has 2 rings (SSSR count). The van der Waals surface area contributed by atoms with E-state index in [9.17, 15) is 4.79 Å². The SMILES string of the molecule is Cc1ncsc1CNC(=O)c1ccccc1. The first kappa shape index (κ1) is 10.8. The molecular formula is C12H12N2OS. The Labute approximate surface area is 98.2 Å². The van der Waals surface area contributed by atoms with Crippen molar-refractivity contribution < 1.29 is 4.79 Å². The lowest BCUT2D eigenvalue weighted by Gasteiger charge is -2.03. The number of amides is 1. The summed E-state index contributed by atoms with van der Waals surface area (Å²) in [7, 11) is 0. The fourth-order valence-corrected chi connectivity index (χ4v) is 2.06. The number of hydrogen-bond donors (Lipinski definition) is 1. The molecule has 0 aliphatic rings. The average Bonchev–Trinajstić information content (AvgIpc) is 2.73. The van der Waals surface area contributed by atoms with Crippen LogP contribution in [0.4, 0.5) is 0 Å². The molecule has 1 aromatic heterocycles. The van der Waals surface area contributed by atoms with Gasteiger partial charge in [-0.1, -0.05) is 18.2 Å². The van der Waals surface area contributed by atoms with Crippen molar-refractivity contribution in [1.82, 2.24) is 10.3 Å². The van der Waals surface area contributed by atoms with Gasteiger partial charge in [0.05, 0.1) is 17.7 Å². The summed E-state index contributed by atoms with van der Waals surface area (Å²) in [6, 6.07) is 9.20. The Kier molecular flexibility index (Phi) is 3.31. The summed E-state index contributed by atoms with van der Waals surface area (Å²) in [5.41, 5.74) is 3.46. The molecule has 1 heterocycles. The van der Waals surface area contributed by atoms with Crippen LogP contribution in [0.1, 0.15) is 20.9 Å². The molecule has 4 heteroatoms. The zero-order valence-electron chi connectivity index (χ0n) is 8.93. The first-order valence-corrected chi connectivity index (χ1v) is 5.87. The van der Waals surface area contributed by atoms with Gasteiger partial charge >= 0.3 is 0 Å². The third-order valence-electron chi connectivity index (χ3n) is 2.29. The van der Waals surface area contributed by atoms with Gasteiger partial charge < -0.3 is 5.32 Å².